The fraction of sp³-hybridized carbons (Fsp3) is 0.500. The van der Waals surface area contributed by atoms with Crippen molar-refractivity contribution in [2.45, 2.75) is 62.2 Å². The van der Waals surface area contributed by atoms with Gasteiger partial charge in [-0.2, -0.15) is 13.2 Å². The van der Waals surface area contributed by atoms with Gasteiger partial charge in [0.15, 0.2) is 9.84 Å². The molecule has 2 aliphatic heterocycles. The molecule has 0 atom stereocenters. The number of fused-ring (bicyclic) bond motifs is 1. The molecule has 6 rings (SSSR count). The monoisotopic (exact) mass is 656 g/mol. The fourth-order valence-electron chi connectivity index (χ4n) is 6.92. The van der Waals surface area contributed by atoms with E-state index in [0.29, 0.717) is 39.5 Å². The quantitative estimate of drug-likeness (QED) is 0.305. The van der Waals surface area contributed by atoms with E-state index in [1.807, 2.05) is 6.07 Å². The molecular formula is C34H39F3N4O4S. The molecule has 12 heteroatoms. The van der Waals surface area contributed by atoms with Crippen molar-refractivity contribution in [2.24, 2.45) is 10.4 Å². The first kappa shape index (κ1) is 32.4. The largest absolute Gasteiger partial charge is 0.495 e. The number of aliphatic imine (C=N–C) groups is 1. The highest BCUT2D eigenvalue weighted by atomic mass is 32.2. The summed E-state index contributed by atoms with van der Waals surface area (Å²) in [4.78, 5) is 7.69. The number of alkyl halides is 3. The van der Waals surface area contributed by atoms with Crippen molar-refractivity contribution >= 4 is 37.8 Å². The third-order valence-electron chi connectivity index (χ3n) is 9.40. The topological polar surface area (TPSA) is 85.2 Å². The lowest BCUT2D eigenvalue weighted by Gasteiger charge is -2.55. The van der Waals surface area contributed by atoms with Gasteiger partial charge < -0.3 is 19.4 Å². The van der Waals surface area contributed by atoms with Gasteiger partial charge in [-0.05, 0) is 74.8 Å². The maximum Gasteiger partial charge on any atom is 0.406 e. The number of methoxy groups -OCH3 is 1. The normalized spacial score (nSPS) is 20.2. The predicted molar refractivity (Wildman–Crippen MR) is 173 cm³/mol. The van der Waals surface area contributed by atoms with Crippen molar-refractivity contribution < 1.29 is 31.1 Å². The van der Waals surface area contributed by atoms with Crippen LogP contribution in [0.3, 0.4) is 0 Å². The second kappa shape index (κ2) is 12.9. The summed E-state index contributed by atoms with van der Waals surface area (Å²) in [7, 11) is -1.99. The number of rotatable bonds is 7. The average molecular weight is 657 g/mol. The molecule has 246 valence electrons. The Hall–Kier alpha value is -3.53. The molecule has 1 saturated carbocycles. The number of likely N-dealkylation sites (tertiary alicyclic amines) is 1. The lowest BCUT2D eigenvalue weighted by molar-refractivity contribution is -0.140. The van der Waals surface area contributed by atoms with Crippen LogP contribution in [0.4, 0.5) is 24.5 Å². The Kier molecular flexibility index (Phi) is 9.11. The Morgan fingerprint density at radius 3 is 2.52 bits per heavy atom. The van der Waals surface area contributed by atoms with Crippen LogP contribution < -0.4 is 10.1 Å². The molecule has 3 aliphatic rings. The second-order valence-corrected chi connectivity index (χ2v) is 14.7. The summed E-state index contributed by atoms with van der Waals surface area (Å²) in [5, 5.41) is 3.70. The standard InChI is InChI=1S/C34H39F3N4O4S/c1-44-32-20-27(46(2,42)43)12-13-30(32)38-16-4-5-26-19-28-29(6-3-7-31(28)41(26)23-34(35,36)37)39-24-8-10-25(11-9-24)40-21-33(22-40)14-17-45-18-15-33/h3,6-7,12-13,19-20,25,38H,8-11,14-18,21-23H2,1-2H3. The second-order valence-electron chi connectivity index (χ2n) is 12.7. The van der Waals surface area contributed by atoms with E-state index in [1.54, 1.807) is 24.3 Å². The number of sulfone groups is 1. The third-order valence-corrected chi connectivity index (χ3v) is 10.5. The molecule has 46 heavy (non-hydrogen) atoms. The summed E-state index contributed by atoms with van der Waals surface area (Å²) in [6, 6.07) is 12.0. The minimum atomic E-state index is -4.43. The summed E-state index contributed by atoms with van der Waals surface area (Å²) in [5.74, 6) is 6.14. The van der Waals surface area contributed by atoms with Crippen molar-refractivity contribution in [3.05, 3.63) is 48.2 Å². The minimum Gasteiger partial charge on any atom is -0.495 e. The Morgan fingerprint density at radius 2 is 1.85 bits per heavy atom. The molecule has 1 aromatic heterocycles. The highest BCUT2D eigenvalue weighted by Gasteiger charge is 2.46. The smallest absolute Gasteiger partial charge is 0.406 e. The molecule has 0 radical (unpaired) electrons. The molecule has 2 aromatic carbocycles. The van der Waals surface area contributed by atoms with Gasteiger partial charge in [-0.1, -0.05) is 12.0 Å². The first-order valence-electron chi connectivity index (χ1n) is 15.6. The van der Waals surface area contributed by atoms with Gasteiger partial charge in [0, 0.05) is 61.2 Å². The van der Waals surface area contributed by atoms with Crippen molar-refractivity contribution in [1.29, 1.82) is 0 Å². The Balaban J connectivity index is 1.17. The molecule has 0 unspecified atom stereocenters. The van der Waals surface area contributed by atoms with Gasteiger partial charge in [0.2, 0.25) is 0 Å². The van der Waals surface area contributed by atoms with Gasteiger partial charge in [0.1, 0.15) is 12.3 Å². The predicted octanol–water partition coefficient (Wildman–Crippen LogP) is 6.21. The van der Waals surface area contributed by atoms with E-state index in [-0.39, 0.29) is 17.1 Å². The molecule has 3 fully saturated rings. The number of benzene rings is 2. The number of aromatic nitrogens is 1. The van der Waals surface area contributed by atoms with Crippen LogP contribution in [0.15, 0.2) is 52.4 Å². The average Bonchev–Trinajstić information content (AvgIpc) is 3.35. The van der Waals surface area contributed by atoms with Crippen LogP contribution in [0, 0.1) is 17.3 Å². The summed E-state index contributed by atoms with van der Waals surface area (Å²) in [5.41, 5.74) is 3.39. The highest BCUT2D eigenvalue weighted by Crippen LogP contribution is 2.43. The minimum absolute atomic E-state index is 0.102. The van der Waals surface area contributed by atoms with Gasteiger partial charge >= 0.3 is 6.18 Å². The molecular weight excluding hydrogens is 617 g/mol. The maximum atomic E-state index is 13.7. The molecule has 3 heterocycles. The van der Waals surface area contributed by atoms with Gasteiger partial charge in [0.05, 0.1) is 41.1 Å². The molecule has 2 saturated heterocycles. The maximum absolute atomic E-state index is 13.7. The van der Waals surface area contributed by atoms with E-state index >= 15 is 0 Å². The number of anilines is 1. The fourth-order valence-corrected chi connectivity index (χ4v) is 7.56. The lowest BCUT2D eigenvalue weighted by Crippen LogP contribution is -2.61. The van der Waals surface area contributed by atoms with Gasteiger partial charge in [0.25, 0.3) is 0 Å². The van der Waals surface area contributed by atoms with Gasteiger partial charge in [-0.15, -0.1) is 0 Å². The van der Waals surface area contributed by atoms with Crippen LogP contribution in [0.25, 0.3) is 10.9 Å². The molecule has 3 aromatic rings. The number of hydrogen-bond donors (Lipinski definition) is 1. The highest BCUT2D eigenvalue weighted by molar-refractivity contribution is 7.90. The number of nitrogens with one attached hydrogen (secondary N) is 1. The zero-order valence-electron chi connectivity index (χ0n) is 26.1. The van der Waals surface area contributed by atoms with Crippen LogP contribution in [0.2, 0.25) is 0 Å². The Morgan fingerprint density at radius 1 is 1.11 bits per heavy atom. The van der Waals surface area contributed by atoms with Crippen LogP contribution >= 0.6 is 0 Å². The molecule has 1 aliphatic carbocycles. The zero-order valence-corrected chi connectivity index (χ0v) is 26.9. The molecule has 1 N–H and O–H groups in total. The van der Waals surface area contributed by atoms with Crippen LogP contribution in [0.5, 0.6) is 5.75 Å². The third kappa shape index (κ3) is 7.22. The first-order valence-corrected chi connectivity index (χ1v) is 17.5. The van der Waals surface area contributed by atoms with Gasteiger partial charge in [-0.25, -0.2) is 8.42 Å². The van der Waals surface area contributed by atoms with Crippen molar-refractivity contribution in [1.82, 2.24) is 9.47 Å². The molecule has 8 nitrogen and oxygen atoms in total. The van der Waals surface area contributed by atoms with Crippen molar-refractivity contribution in [2.75, 3.05) is 51.5 Å². The molecule has 1 spiro atoms. The van der Waals surface area contributed by atoms with E-state index in [9.17, 15) is 21.6 Å². The number of halogens is 3. The van der Waals surface area contributed by atoms with Crippen LogP contribution in [-0.4, -0.2) is 82.0 Å². The zero-order chi connectivity index (χ0) is 32.5. The summed E-state index contributed by atoms with van der Waals surface area (Å²) in [6.45, 7) is 2.98. The van der Waals surface area contributed by atoms with Gasteiger partial charge in [-0.3, -0.25) is 9.89 Å². The van der Waals surface area contributed by atoms with Crippen molar-refractivity contribution in [3.8, 4) is 17.6 Å². The number of ether oxygens (including phenoxy) is 2. The lowest BCUT2D eigenvalue weighted by atomic mass is 9.72. The summed E-state index contributed by atoms with van der Waals surface area (Å²) in [6.07, 6.45) is 2.82. The van der Waals surface area contributed by atoms with E-state index in [4.69, 9.17) is 14.5 Å². The van der Waals surface area contributed by atoms with Crippen LogP contribution in [0.1, 0.15) is 44.2 Å². The Bertz CT molecular complexity index is 1780. The number of nitrogens with zero attached hydrogens (tertiary/aromatic N) is 3. The molecule has 0 amide bonds. The summed E-state index contributed by atoms with van der Waals surface area (Å²) >= 11 is 0. The molecule has 0 bridgehead atoms. The first-order chi connectivity index (χ1) is 21.9. The van der Waals surface area contributed by atoms with Crippen LogP contribution in [-0.2, 0) is 21.1 Å². The van der Waals surface area contributed by atoms with E-state index in [1.165, 1.54) is 23.8 Å². The van der Waals surface area contributed by atoms with Crippen molar-refractivity contribution in [3.63, 3.8) is 0 Å². The summed E-state index contributed by atoms with van der Waals surface area (Å²) < 4.78 is 76.9. The van der Waals surface area contributed by atoms with E-state index in [0.717, 1.165) is 76.8 Å². The van der Waals surface area contributed by atoms with E-state index < -0.39 is 22.6 Å². The SMILES string of the molecule is COc1cc(S(C)(=O)=O)ccc1NCC#Cc1cc2c(N=C3CCC(N4CC5(CCOCC5)C4)CC3)cccc2n1CC(F)(F)F. The Labute approximate surface area is 267 Å². The number of hydrogen-bond acceptors (Lipinski definition) is 7. The van der Waals surface area contributed by atoms with E-state index in [2.05, 4.69) is 22.1 Å².